The summed E-state index contributed by atoms with van der Waals surface area (Å²) in [5.41, 5.74) is 7.89. The van der Waals surface area contributed by atoms with Gasteiger partial charge in [0, 0.05) is 33.1 Å². The molecule has 0 aromatic heterocycles. The Morgan fingerprint density at radius 2 is 1.85 bits per heavy atom. The van der Waals surface area contributed by atoms with E-state index in [0.29, 0.717) is 12.3 Å². The van der Waals surface area contributed by atoms with E-state index in [1.54, 1.807) is 26.2 Å². The number of rotatable bonds is 8. The van der Waals surface area contributed by atoms with Gasteiger partial charge < -0.3 is 20.7 Å². The van der Waals surface area contributed by atoms with Crippen LogP contribution in [0.4, 0.5) is 0 Å². The molecule has 0 fully saturated rings. The molecule has 0 bridgehead atoms. The summed E-state index contributed by atoms with van der Waals surface area (Å²) in [6.45, 7) is 0.355. The van der Waals surface area contributed by atoms with E-state index in [1.165, 1.54) is 4.90 Å². The van der Waals surface area contributed by atoms with Crippen LogP contribution in [0.25, 0.3) is 0 Å². The summed E-state index contributed by atoms with van der Waals surface area (Å²) in [5.74, 6) is 0.363. The fraction of sp³-hybridized carbons (Fsp3) is 0.300. The standard InChI is InChI=1S/C20H25N3O3/c1-23(2)20(25)14-26-17-10-6-7-15(11-17)13-22-19(24)12-18(21)16-8-4-3-5-9-16/h3-11,18H,12-14,21H2,1-2H3,(H,22,24). The molecule has 3 N–H and O–H groups in total. The molecule has 0 saturated heterocycles. The smallest absolute Gasteiger partial charge is 0.259 e. The minimum Gasteiger partial charge on any atom is -0.484 e. The van der Waals surface area contributed by atoms with Gasteiger partial charge in [-0.2, -0.15) is 0 Å². The van der Waals surface area contributed by atoms with Crippen LogP contribution in [-0.4, -0.2) is 37.4 Å². The fourth-order valence-electron chi connectivity index (χ4n) is 2.31. The van der Waals surface area contributed by atoms with Crippen LogP contribution in [0, 0.1) is 0 Å². The number of hydrogen-bond acceptors (Lipinski definition) is 4. The van der Waals surface area contributed by atoms with Crippen LogP contribution in [-0.2, 0) is 16.1 Å². The first kappa shape index (κ1) is 19.5. The van der Waals surface area contributed by atoms with Gasteiger partial charge in [-0.1, -0.05) is 42.5 Å². The zero-order valence-corrected chi connectivity index (χ0v) is 15.1. The third-order valence-corrected chi connectivity index (χ3v) is 3.88. The fourth-order valence-corrected chi connectivity index (χ4v) is 2.31. The molecule has 1 atom stereocenters. The van der Waals surface area contributed by atoms with Crippen LogP contribution in [0.3, 0.4) is 0 Å². The van der Waals surface area contributed by atoms with E-state index in [1.807, 2.05) is 42.5 Å². The highest BCUT2D eigenvalue weighted by atomic mass is 16.5. The molecule has 1 unspecified atom stereocenters. The van der Waals surface area contributed by atoms with Gasteiger partial charge in [0.05, 0.1) is 0 Å². The minimum absolute atomic E-state index is 0.0191. The lowest BCUT2D eigenvalue weighted by Crippen LogP contribution is -2.28. The number of ether oxygens (including phenoxy) is 1. The molecule has 2 aromatic carbocycles. The van der Waals surface area contributed by atoms with Crippen LogP contribution < -0.4 is 15.8 Å². The molecule has 138 valence electrons. The summed E-state index contributed by atoms with van der Waals surface area (Å²) in [6.07, 6.45) is 0.220. The number of carbonyl (C=O) groups excluding carboxylic acids is 2. The molecule has 0 aliphatic carbocycles. The maximum absolute atomic E-state index is 12.1. The zero-order chi connectivity index (χ0) is 18.9. The summed E-state index contributed by atoms with van der Waals surface area (Å²) in [5, 5.41) is 2.86. The Morgan fingerprint density at radius 3 is 2.54 bits per heavy atom. The van der Waals surface area contributed by atoms with Gasteiger partial charge in [-0.05, 0) is 23.3 Å². The van der Waals surface area contributed by atoms with E-state index < -0.39 is 0 Å². The Kier molecular flexibility index (Phi) is 7.17. The van der Waals surface area contributed by atoms with Crippen LogP contribution in [0.2, 0.25) is 0 Å². The van der Waals surface area contributed by atoms with Crippen molar-refractivity contribution in [2.75, 3.05) is 20.7 Å². The van der Waals surface area contributed by atoms with Gasteiger partial charge in [0.25, 0.3) is 5.91 Å². The molecule has 0 heterocycles. The summed E-state index contributed by atoms with van der Waals surface area (Å²) in [7, 11) is 3.36. The van der Waals surface area contributed by atoms with Crippen molar-refractivity contribution >= 4 is 11.8 Å². The van der Waals surface area contributed by atoms with Crippen molar-refractivity contribution < 1.29 is 14.3 Å². The van der Waals surface area contributed by atoms with Crippen LogP contribution >= 0.6 is 0 Å². The van der Waals surface area contributed by atoms with Gasteiger partial charge in [0.1, 0.15) is 5.75 Å². The number of carbonyl (C=O) groups is 2. The molecule has 6 heteroatoms. The molecule has 0 aliphatic heterocycles. The van der Waals surface area contributed by atoms with Gasteiger partial charge in [-0.25, -0.2) is 0 Å². The molecule has 0 aliphatic rings. The molecule has 26 heavy (non-hydrogen) atoms. The normalized spacial score (nSPS) is 11.5. The predicted octanol–water partition coefficient (Wildman–Crippen LogP) is 1.86. The molecule has 2 rings (SSSR count). The molecule has 0 radical (unpaired) electrons. The lowest BCUT2D eigenvalue weighted by molar-refractivity contribution is -0.130. The monoisotopic (exact) mass is 355 g/mol. The van der Waals surface area contributed by atoms with E-state index >= 15 is 0 Å². The van der Waals surface area contributed by atoms with Crippen molar-refractivity contribution in [3.8, 4) is 5.75 Å². The first-order valence-electron chi connectivity index (χ1n) is 8.45. The zero-order valence-electron chi connectivity index (χ0n) is 15.1. The quantitative estimate of drug-likeness (QED) is 0.757. The molecule has 2 aromatic rings. The number of nitrogens with one attached hydrogen (secondary N) is 1. The third-order valence-electron chi connectivity index (χ3n) is 3.88. The van der Waals surface area contributed by atoms with Crippen molar-refractivity contribution in [2.24, 2.45) is 5.73 Å². The Hall–Kier alpha value is -2.86. The van der Waals surface area contributed by atoms with Gasteiger partial charge in [0.15, 0.2) is 6.61 Å². The Morgan fingerprint density at radius 1 is 1.12 bits per heavy atom. The van der Waals surface area contributed by atoms with Gasteiger partial charge >= 0.3 is 0 Å². The highest BCUT2D eigenvalue weighted by Crippen LogP contribution is 2.15. The van der Waals surface area contributed by atoms with Crippen molar-refractivity contribution in [1.29, 1.82) is 0 Å². The highest BCUT2D eigenvalue weighted by Gasteiger charge is 2.11. The Balaban J connectivity index is 1.82. The largest absolute Gasteiger partial charge is 0.484 e. The Bertz CT molecular complexity index is 732. The summed E-state index contributed by atoms with van der Waals surface area (Å²) >= 11 is 0. The van der Waals surface area contributed by atoms with E-state index in [9.17, 15) is 9.59 Å². The van der Waals surface area contributed by atoms with Crippen molar-refractivity contribution in [1.82, 2.24) is 10.2 Å². The number of nitrogens with zero attached hydrogens (tertiary/aromatic N) is 1. The average molecular weight is 355 g/mol. The minimum atomic E-state index is -0.331. The number of hydrogen-bond donors (Lipinski definition) is 2. The van der Waals surface area contributed by atoms with Crippen LogP contribution in [0.1, 0.15) is 23.6 Å². The van der Waals surface area contributed by atoms with Gasteiger partial charge in [-0.15, -0.1) is 0 Å². The summed E-state index contributed by atoms with van der Waals surface area (Å²) in [6, 6.07) is 16.5. The maximum Gasteiger partial charge on any atom is 0.259 e. The van der Waals surface area contributed by atoms with Crippen LogP contribution in [0.15, 0.2) is 54.6 Å². The molecule has 0 saturated carbocycles. The molecule has 6 nitrogen and oxygen atoms in total. The van der Waals surface area contributed by atoms with Gasteiger partial charge in [0.2, 0.25) is 5.91 Å². The SMILES string of the molecule is CN(C)C(=O)COc1cccc(CNC(=O)CC(N)c2ccccc2)c1. The van der Waals surface area contributed by atoms with E-state index in [2.05, 4.69) is 5.32 Å². The first-order valence-corrected chi connectivity index (χ1v) is 8.45. The number of likely N-dealkylation sites (N-methyl/N-ethyl adjacent to an activating group) is 1. The highest BCUT2D eigenvalue weighted by molar-refractivity contribution is 5.77. The number of benzene rings is 2. The lowest BCUT2D eigenvalue weighted by atomic mass is 10.0. The van der Waals surface area contributed by atoms with E-state index in [0.717, 1.165) is 11.1 Å². The van der Waals surface area contributed by atoms with Crippen molar-refractivity contribution in [3.63, 3.8) is 0 Å². The lowest BCUT2D eigenvalue weighted by Gasteiger charge is -2.13. The van der Waals surface area contributed by atoms with Gasteiger partial charge in [-0.3, -0.25) is 9.59 Å². The summed E-state index contributed by atoms with van der Waals surface area (Å²) < 4.78 is 5.48. The maximum atomic E-state index is 12.1. The molecule has 0 spiro atoms. The predicted molar refractivity (Wildman–Crippen MR) is 100 cm³/mol. The second kappa shape index (κ2) is 9.58. The second-order valence-electron chi connectivity index (χ2n) is 6.22. The molecule has 2 amide bonds. The first-order chi connectivity index (χ1) is 12.5. The van der Waals surface area contributed by atoms with Crippen LogP contribution in [0.5, 0.6) is 5.75 Å². The average Bonchev–Trinajstić information content (AvgIpc) is 2.65. The van der Waals surface area contributed by atoms with Crippen molar-refractivity contribution in [2.45, 2.75) is 19.0 Å². The summed E-state index contributed by atoms with van der Waals surface area (Å²) in [4.78, 5) is 25.1. The Labute approximate surface area is 153 Å². The second-order valence-corrected chi connectivity index (χ2v) is 6.22. The number of amides is 2. The molecular formula is C20H25N3O3. The number of nitrogens with two attached hydrogens (primary N) is 1. The third kappa shape index (κ3) is 6.22. The van der Waals surface area contributed by atoms with Crippen molar-refractivity contribution in [3.05, 3.63) is 65.7 Å². The van der Waals surface area contributed by atoms with E-state index in [4.69, 9.17) is 10.5 Å². The molecular weight excluding hydrogens is 330 g/mol. The van der Waals surface area contributed by atoms with E-state index in [-0.39, 0.29) is 30.9 Å². The topological polar surface area (TPSA) is 84.7 Å².